The van der Waals surface area contributed by atoms with E-state index in [0.717, 1.165) is 22.9 Å². The molecule has 2 aromatic rings. The molecule has 0 radical (unpaired) electrons. The number of ether oxygens (including phenoxy) is 1. The summed E-state index contributed by atoms with van der Waals surface area (Å²) in [4.78, 5) is 15.5. The lowest BCUT2D eigenvalue weighted by Gasteiger charge is -2.05. The van der Waals surface area contributed by atoms with Crippen molar-refractivity contribution in [2.24, 2.45) is 5.92 Å². The van der Waals surface area contributed by atoms with Crippen LogP contribution in [-0.4, -0.2) is 23.5 Å². The van der Waals surface area contributed by atoms with Crippen molar-refractivity contribution in [2.75, 3.05) is 6.61 Å². The van der Waals surface area contributed by atoms with Gasteiger partial charge in [0.25, 0.3) is 0 Å². The van der Waals surface area contributed by atoms with Gasteiger partial charge in [0, 0.05) is 23.1 Å². The zero-order valence-corrected chi connectivity index (χ0v) is 10.8. The van der Waals surface area contributed by atoms with Crippen LogP contribution in [-0.2, 0) is 4.74 Å². The number of hydrogen-bond donors (Lipinski definition) is 1. The van der Waals surface area contributed by atoms with Crippen molar-refractivity contribution < 1.29 is 9.53 Å². The number of aromatic nitrogens is 1. The van der Waals surface area contributed by atoms with Crippen LogP contribution in [0.5, 0.6) is 0 Å². The second-order valence-electron chi connectivity index (χ2n) is 4.81. The van der Waals surface area contributed by atoms with Crippen molar-refractivity contribution in [3.63, 3.8) is 0 Å². The summed E-state index contributed by atoms with van der Waals surface area (Å²) in [7, 11) is 0. The molecule has 1 aromatic heterocycles. The van der Waals surface area contributed by atoms with E-state index in [2.05, 4.69) is 4.98 Å². The molecule has 1 aromatic carbocycles. The van der Waals surface area contributed by atoms with Gasteiger partial charge in [0.1, 0.15) is 0 Å². The van der Waals surface area contributed by atoms with Crippen LogP contribution < -0.4 is 0 Å². The highest BCUT2D eigenvalue weighted by molar-refractivity contribution is 6.35. The summed E-state index contributed by atoms with van der Waals surface area (Å²) in [6.45, 7) is 2.52. The summed E-state index contributed by atoms with van der Waals surface area (Å²) >= 11 is 6.09. The molecule has 94 valence electrons. The van der Waals surface area contributed by atoms with Gasteiger partial charge >= 0.3 is 0 Å². The van der Waals surface area contributed by atoms with Crippen LogP contribution in [0.25, 0.3) is 10.9 Å². The fourth-order valence-electron chi connectivity index (χ4n) is 2.54. The Labute approximate surface area is 110 Å². The zero-order chi connectivity index (χ0) is 12.7. The maximum absolute atomic E-state index is 12.4. The Morgan fingerprint density at radius 2 is 2.33 bits per heavy atom. The molecule has 1 saturated heterocycles. The summed E-state index contributed by atoms with van der Waals surface area (Å²) in [5, 5.41) is 1.54. The number of halogens is 1. The number of rotatable bonds is 2. The first-order valence-corrected chi connectivity index (χ1v) is 6.46. The molecule has 4 heteroatoms. The van der Waals surface area contributed by atoms with E-state index >= 15 is 0 Å². The summed E-state index contributed by atoms with van der Waals surface area (Å²) < 4.78 is 5.46. The van der Waals surface area contributed by atoms with E-state index in [-0.39, 0.29) is 17.8 Å². The predicted molar refractivity (Wildman–Crippen MR) is 71.2 cm³/mol. The number of Topliss-reactive ketones (excluding diaryl/α,β-unsaturated/α-hetero) is 1. The highest BCUT2D eigenvalue weighted by Gasteiger charge is 2.30. The van der Waals surface area contributed by atoms with E-state index in [1.165, 1.54) is 0 Å². The Bertz CT molecular complexity index is 605. The van der Waals surface area contributed by atoms with Gasteiger partial charge in [0.15, 0.2) is 5.78 Å². The van der Waals surface area contributed by atoms with Crippen LogP contribution in [0, 0.1) is 5.92 Å². The van der Waals surface area contributed by atoms with Gasteiger partial charge in [0.2, 0.25) is 0 Å². The number of nitrogens with one attached hydrogen (secondary N) is 1. The van der Waals surface area contributed by atoms with E-state index in [1.807, 2.05) is 25.1 Å². The fraction of sp³-hybridized carbons (Fsp3) is 0.357. The summed E-state index contributed by atoms with van der Waals surface area (Å²) in [5.41, 5.74) is 1.55. The van der Waals surface area contributed by atoms with Crippen molar-refractivity contribution in [1.29, 1.82) is 0 Å². The van der Waals surface area contributed by atoms with Crippen LogP contribution >= 0.6 is 11.6 Å². The van der Waals surface area contributed by atoms with Gasteiger partial charge in [-0.2, -0.15) is 0 Å². The van der Waals surface area contributed by atoms with E-state index in [1.54, 1.807) is 6.20 Å². The third-order valence-corrected chi connectivity index (χ3v) is 3.81. The second kappa shape index (κ2) is 4.41. The fourth-order valence-corrected chi connectivity index (χ4v) is 2.77. The van der Waals surface area contributed by atoms with Crippen LogP contribution in [0.4, 0.5) is 0 Å². The topological polar surface area (TPSA) is 42.1 Å². The SMILES string of the molecule is CC1CC(C(=O)c2c[nH]c3c(Cl)cccc23)CO1. The smallest absolute Gasteiger partial charge is 0.170 e. The van der Waals surface area contributed by atoms with Gasteiger partial charge in [-0.25, -0.2) is 0 Å². The molecule has 0 aliphatic carbocycles. The maximum atomic E-state index is 12.4. The molecule has 2 heterocycles. The number of carbonyl (C=O) groups excluding carboxylic acids is 1. The minimum absolute atomic E-state index is 0.0296. The molecule has 18 heavy (non-hydrogen) atoms. The van der Waals surface area contributed by atoms with E-state index in [0.29, 0.717) is 11.6 Å². The summed E-state index contributed by atoms with van der Waals surface area (Å²) in [6, 6.07) is 5.60. The number of fused-ring (bicyclic) bond motifs is 1. The molecule has 1 aliphatic heterocycles. The number of para-hydroxylation sites is 1. The Morgan fingerprint density at radius 3 is 3.06 bits per heavy atom. The maximum Gasteiger partial charge on any atom is 0.170 e. The average Bonchev–Trinajstić information content (AvgIpc) is 2.95. The van der Waals surface area contributed by atoms with Crippen molar-refractivity contribution in [2.45, 2.75) is 19.4 Å². The number of carbonyl (C=O) groups is 1. The Morgan fingerprint density at radius 1 is 1.50 bits per heavy atom. The highest BCUT2D eigenvalue weighted by atomic mass is 35.5. The summed E-state index contributed by atoms with van der Waals surface area (Å²) in [6.07, 6.45) is 2.72. The van der Waals surface area contributed by atoms with Crippen LogP contribution in [0.15, 0.2) is 24.4 Å². The normalized spacial score (nSPS) is 23.7. The van der Waals surface area contributed by atoms with Gasteiger partial charge in [0.05, 0.1) is 23.3 Å². The van der Waals surface area contributed by atoms with Crippen LogP contribution in [0.3, 0.4) is 0 Å². The summed E-state index contributed by atoms with van der Waals surface area (Å²) in [5.74, 6) is 0.117. The molecule has 1 aliphatic rings. The molecule has 0 saturated carbocycles. The van der Waals surface area contributed by atoms with E-state index < -0.39 is 0 Å². The Hall–Kier alpha value is -1.32. The first kappa shape index (κ1) is 11.8. The van der Waals surface area contributed by atoms with E-state index in [4.69, 9.17) is 16.3 Å². The molecule has 3 rings (SSSR count). The van der Waals surface area contributed by atoms with Gasteiger partial charge in [-0.1, -0.05) is 23.7 Å². The number of ketones is 1. The quantitative estimate of drug-likeness (QED) is 0.844. The Balaban J connectivity index is 1.99. The Kier molecular flexibility index (Phi) is 2.88. The van der Waals surface area contributed by atoms with Crippen LogP contribution in [0.1, 0.15) is 23.7 Å². The lowest BCUT2D eigenvalue weighted by molar-refractivity contribution is 0.0879. The van der Waals surface area contributed by atoms with Gasteiger partial charge < -0.3 is 9.72 Å². The number of hydrogen-bond acceptors (Lipinski definition) is 2. The highest BCUT2D eigenvalue weighted by Crippen LogP contribution is 2.29. The monoisotopic (exact) mass is 263 g/mol. The minimum atomic E-state index is -0.0296. The third kappa shape index (κ3) is 1.84. The minimum Gasteiger partial charge on any atom is -0.378 e. The lowest BCUT2D eigenvalue weighted by atomic mass is 9.95. The van der Waals surface area contributed by atoms with Crippen molar-refractivity contribution >= 4 is 28.3 Å². The predicted octanol–water partition coefficient (Wildman–Crippen LogP) is 3.43. The number of aromatic amines is 1. The van der Waals surface area contributed by atoms with Crippen molar-refractivity contribution in [3.8, 4) is 0 Å². The van der Waals surface area contributed by atoms with Gasteiger partial charge in [-0.3, -0.25) is 4.79 Å². The molecule has 0 bridgehead atoms. The second-order valence-corrected chi connectivity index (χ2v) is 5.21. The molecular weight excluding hydrogens is 250 g/mol. The number of H-pyrrole nitrogens is 1. The van der Waals surface area contributed by atoms with E-state index in [9.17, 15) is 4.79 Å². The molecule has 2 unspecified atom stereocenters. The molecule has 1 fully saturated rings. The molecule has 0 amide bonds. The first-order chi connectivity index (χ1) is 8.66. The molecular formula is C14H14ClNO2. The van der Waals surface area contributed by atoms with Crippen molar-refractivity contribution in [1.82, 2.24) is 4.98 Å². The first-order valence-electron chi connectivity index (χ1n) is 6.08. The molecule has 2 atom stereocenters. The van der Waals surface area contributed by atoms with Crippen molar-refractivity contribution in [3.05, 3.63) is 35.0 Å². The third-order valence-electron chi connectivity index (χ3n) is 3.50. The van der Waals surface area contributed by atoms with Crippen LogP contribution in [0.2, 0.25) is 5.02 Å². The largest absolute Gasteiger partial charge is 0.378 e. The molecule has 1 N–H and O–H groups in total. The average molecular weight is 264 g/mol. The zero-order valence-electron chi connectivity index (χ0n) is 10.1. The lowest BCUT2D eigenvalue weighted by Crippen LogP contribution is -2.14. The van der Waals surface area contributed by atoms with Gasteiger partial charge in [-0.15, -0.1) is 0 Å². The molecule has 3 nitrogen and oxygen atoms in total. The van der Waals surface area contributed by atoms with Gasteiger partial charge in [-0.05, 0) is 19.4 Å². The molecule has 0 spiro atoms. The number of benzene rings is 1. The standard InChI is InChI=1S/C14H14ClNO2/c1-8-5-9(7-18-8)14(17)11-6-16-13-10(11)3-2-4-12(13)15/h2-4,6,8-9,16H,5,7H2,1H3.